The van der Waals surface area contributed by atoms with Gasteiger partial charge in [0.15, 0.2) is 0 Å². The summed E-state index contributed by atoms with van der Waals surface area (Å²) in [6.07, 6.45) is 7.40. The van der Waals surface area contributed by atoms with Crippen molar-refractivity contribution in [1.29, 1.82) is 0 Å². The van der Waals surface area contributed by atoms with Crippen LogP contribution < -0.4 is 5.73 Å². The molecular weight excluding hydrogens is 188 g/mol. The molecule has 0 aliphatic heterocycles. The minimum absolute atomic E-state index is 0.432. The number of hydrogen-bond acceptors (Lipinski definition) is 3. The van der Waals surface area contributed by atoms with Crippen LogP contribution >= 0.6 is 0 Å². The largest absolute Gasteiger partial charge is 0.368 e. The molecule has 0 aromatic carbocycles. The third-order valence-electron chi connectivity index (χ3n) is 2.76. The molecule has 0 radical (unpaired) electrons. The number of aromatic nitrogens is 1. The van der Waals surface area contributed by atoms with Crippen molar-refractivity contribution < 1.29 is 4.52 Å². The third kappa shape index (κ3) is 3.94. The van der Waals surface area contributed by atoms with Crippen molar-refractivity contribution >= 4 is 5.88 Å². The molecule has 0 saturated carbocycles. The molecule has 0 aliphatic rings. The number of nitrogen functional groups attached to an aromatic ring is 1. The van der Waals surface area contributed by atoms with E-state index in [2.05, 4.69) is 19.0 Å². The molecule has 1 heterocycles. The average Bonchev–Trinajstić information content (AvgIpc) is 2.64. The highest BCUT2D eigenvalue weighted by Crippen LogP contribution is 2.27. The summed E-state index contributed by atoms with van der Waals surface area (Å²) < 4.78 is 4.93. The minimum atomic E-state index is 0.432. The second kappa shape index (κ2) is 6.49. The summed E-state index contributed by atoms with van der Waals surface area (Å²) in [5, 5.41) is 4.01. The Kier molecular flexibility index (Phi) is 5.22. The van der Waals surface area contributed by atoms with Gasteiger partial charge in [0, 0.05) is 12.0 Å². The molecule has 1 aromatic heterocycles. The Balaban J connectivity index is 2.49. The van der Waals surface area contributed by atoms with Crippen LogP contribution in [0.2, 0.25) is 0 Å². The van der Waals surface area contributed by atoms with Crippen molar-refractivity contribution in [3.8, 4) is 0 Å². The van der Waals surface area contributed by atoms with Crippen molar-refractivity contribution in [3.63, 3.8) is 0 Å². The van der Waals surface area contributed by atoms with E-state index in [0.717, 1.165) is 5.69 Å². The van der Waals surface area contributed by atoms with Gasteiger partial charge >= 0.3 is 0 Å². The summed E-state index contributed by atoms with van der Waals surface area (Å²) in [6, 6.07) is 1.87. The Bertz CT molecular complexity index is 270. The van der Waals surface area contributed by atoms with Crippen LogP contribution in [0.5, 0.6) is 0 Å². The van der Waals surface area contributed by atoms with Crippen molar-refractivity contribution in [3.05, 3.63) is 11.8 Å². The number of unbranched alkanes of at least 4 members (excludes halogenated alkanes) is 2. The topological polar surface area (TPSA) is 52.0 Å². The maximum Gasteiger partial charge on any atom is 0.222 e. The summed E-state index contributed by atoms with van der Waals surface area (Å²) in [6.45, 7) is 4.43. The molecule has 1 aromatic rings. The summed E-state index contributed by atoms with van der Waals surface area (Å²) in [7, 11) is 0. The van der Waals surface area contributed by atoms with E-state index in [1.807, 2.05) is 6.07 Å². The first-order valence-electron chi connectivity index (χ1n) is 6.00. The first kappa shape index (κ1) is 12.1. The number of hydrogen-bond donors (Lipinski definition) is 1. The van der Waals surface area contributed by atoms with E-state index in [1.165, 1.54) is 38.5 Å². The lowest BCUT2D eigenvalue weighted by Gasteiger charge is -2.12. The van der Waals surface area contributed by atoms with Crippen molar-refractivity contribution in [1.82, 2.24) is 5.16 Å². The first-order valence-corrected chi connectivity index (χ1v) is 6.00. The quantitative estimate of drug-likeness (QED) is 0.698. The van der Waals surface area contributed by atoms with Crippen LogP contribution in [0.3, 0.4) is 0 Å². The van der Waals surface area contributed by atoms with Crippen LogP contribution in [0.25, 0.3) is 0 Å². The van der Waals surface area contributed by atoms with E-state index in [9.17, 15) is 0 Å². The molecule has 0 bridgehead atoms. The number of nitrogens with two attached hydrogens (primary N) is 1. The van der Waals surface area contributed by atoms with Crippen molar-refractivity contribution in [2.24, 2.45) is 0 Å². The summed E-state index contributed by atoms with van der Waals surface area (Å²) in [4.78, 5) is 0. The van der Waals surface area contributed by atoms with E-state index >= 15 is 0 Å². The Morgan fingerprint density at radius 3 is 2.60 bits per heavy atom. The second-order valence-electron chi connectivity index (χ2n) is 4.14. The van der Waals surface area contributed by atoms with Crippen LogP contribution in [0.1, 0.15) is 64.0 Å². The Morgan fingerprint density at radius 2 is 2.07 bits per heavy atom. The molecule has 1 unspecified atom stereocenters. The second-order valence-corrected chi connectivity index (χ2v) is 4.14. The lowest BCUT2D eigenvalue weighted by molar-refractivity contribution is 0.408. The summed E-state index contributed by atoms with van der Waals surface area (Å²) >= 11 is 0. The van der Waals surface area contributed by atoms with Gasteiger partial charge in [0.2, 0.25) is 5.88 Å². The van der Waals surface area contributed by atoms with E-state index < -0.39 is 0 Å². The number of nitrogens with zero attached hydrogens (tertiary/aromatic N) is 1. The van der Waals surface area contributed by atoms with Gasteiger partial charge in [-0.1, -0.05) is 44.7 Å². The molecule has 1 atom stereocenters. The van der Waals surface area contributed by atoms with Gasteiger partial charge in [-0.2, -0.15) is 0 Å². The van der Waals surface area contributed by atoms with Gasteiger partial charge in [-0.25, -0.2) is 0 Å². The van der Waals surface area contributed by atoms with E-state index in [-0.39, 0.29) is 0 Å². The lowest BCUT2D eigenvalue weighted by Crippen LogP contribution is -1.99. The molecule has 3 nitrogen and oxygen atoms in total. The zero-order valence-corrected chi connectivity index (χ0v) is 9.83. The van der Waals surface area contributed by atoms with Crippen LogP contribution in [0.15, 0.2) is 10.6 Å². The molecule has 2 N–H and O–H groups in total. The van der Waals surface area contributed by atoms with Gasteiger partial charge in [0.1, 0.15) is 0 Å². The minimum Gasteiger partial charge on any atom is -0.368 e. The molecule has 3 heteroatoms. The molecular formula is C12H22N2O. The van der Waals surface area contributed by atoms with Crippen LogP contribution in [0, 0.1) is 0 Å². The fourth-order valence-electron chi connectivity index (χ4n) is 1.93. The van der Waals surface area contributed by atoms with Crippen LogP contribution in [-0.2, 0) is 0 Å². The number of rotatable bonds is 7. The van der Waals surface area contributed by atoms with Crippen molar-refractivity contribution in [2.45, 2.75) is 58.3 Å². The normalized spacial score (nSPS) is 12.9. The summed E-state index contributed by atoms with van der Waals surface area (Å²) in [5.74, 6) is 0.962. The Labute approximate surface area is 92.0 Å². The lowest BCUT2D eigenvalue weighted by atomic mass is 9.93. The smallest absolute Gasteiger partial charge is 0.222 e. The van der Waals surface area contributed by atoms with Gasteiger partial charge in [-0.05, 0) is 12.8 Å². The van der Waals surface area contributed by atoms with E-state index in [4.69, 9.17) is 10.3 Å². The number of anilines is 1. The molecule has 0 spiro atoms. The zero-order valence-electron chi connectivity index (χ0n) is 9.83. The van der Waals surface area contributed by atoms with Gasteiger partial charge in [0.25, 0.3) is 0 Å². The molecule has 0 saturated heterocycles. The third-order valence-corrected chi connectivity index (χ3v) is 2.76. The standard InChI is InChI=1S/C12H22N2O/c1-3-5-6-8-10(7-4-2)11-9-12(13)15-14-11/h9-10H,3-8,13H2,1-2H3. The fraction of sp³-hybridized carbons (Fsp3) is 0.750. The Morgan fingerprint density at radius 1 is 1.27 bits per heavy atom. The average molecular weight is 210 g/mol. The Hall–Kier alpha value is -0.990. The van der Waals surface area contributed by atoms with Gasteiger partial charge in [-0.15, -0.1) is 0 Å². The van der Waals surface area contributed by atoms with Crippen molar-refractivity contribution in [2.75, 3.05) is 5.73 Å². The monoisotopic (exact) mass is 210 g/mol. The van der Waals surface area contributed by atoms with Crippen LogP contribution in [-0.4, -0.2) is 5.16 Å². The molecule has 0 fully saturated rings. The molecule has 0 aliphatic carbocycles. The summed E-state index contributed by atoms with van der Waals surface area (Å²) in [5.41, 5.74) is 6.57. The maximum absolute atomic E-state index is 5.54. The molecule has 1 rings (SSSR count). The highest BCUT2D eigenvalue weighted by Gasteiger charge is 2.14. The van der Waals surface area contributed by atoms with E-state index in [0.29, 0.717) is 11.8 Å². The highest BCUT2D eigenvalue weighted by molar-refractivity contribution is 5.26. The fourth-order valence-corrected chi connectivity index (χ4v) is 1.93. The molecule has 86 valence electrons. The van der Waals surface area contributed by atoms with Gasteiger partial charge in [0.05, 0.1) is 5.69 Å². The predicted molar refractivity (Wildman–Crippen MR) is 62.7 cm³/mol. The molecule has 15 heavy (non-hydrogen) atoms. The van der Waals surface area contributed by atoms with Gasteiger partial charge < -0.3 is 10.3 Å². The zero-order chi connectivity index (χ0) is 11.1. The van der Waals surface area contributed by atoms with E-state index in [1.54, 1.807) is 0 Å². The van der Waals surface area contributed by atoms with Gasteiger partial charge in [-0.3, -0.25) is 0 Å². The van der Waals surface area contributed by atoms with Crippen LogP contribution in [0.4, 0.5) is 5.88 Å². The first-order chi connectivity index (χ1) is 7.27. The highest BCUT2D eigenvalue weighted by atomic mass is 16.5. The molecule has 0 amide bonds. The SMILES string of the molecule is CCCCCC(CCC)c1cc(N)on1. The predicted octanol–water partition coefficient (Wildman–Crippen LogP) is 3.72. The maximum atomic E-state index is 5.54.